The molecule has 2 heterocycles. The summed E-state index contributed by atoms with van der Waals surface area (Å²) in [5.74, 6) is -0.426. The molecule has 0 saturated heterocycles. The number of ether oxygens (including phenoxy) is 2. The lowest BCUT2D eigenvalue weighted by atomic mass is 10.2. The Morgan fingerprint density at radius 1 is 0.547 bits per heavy atom. The van der Waals surface area contributed by atoms with Gasteiger partial charge < -0.3 is 20.1 Å². The van der Waals surface area contributed by atoms with Gasteiger partial charge in [-0.3, -0.25) is 18.7 Å². The van der Waals surface area contributed by atoms with Crippen LogP contribution in [0.4, 0.5) is 11.4 Å². The Balaban J connectivity index is 1.32. The molecule has 53 heavy (non-hydrogen) atoms. The van der Waals surface area contributed by atoms with Crippen molar-refractivity contribution in [3.05, 3.63) is 132 Å². The van der Waals surface area contributed by atoms with Crippen molar-refractivity contribution in [1.29, 1.82) is 0 Å². The van der Waals surface area contributed by atoms with E-state index < -0.39 is 11.9 Å². The molecule has 4 aromatic carbocycles. The monoisotopic (exact) mass is 748 g/mol. The number of para-hydroxylation sites is 2. The van der Waals surface area contributed by atoms with E-state index in [0.29, 0.717) is 55.8 Å². The number of rotatable bonds is 14. The molecule has 0 atom stereocenters. The fourth-order valence-electron chi connectivity index (χ4n) is 5.10. The molecular formula is C37H32N8O6S2. The summed E-state index contributed by atoms with van der Waals surface area (Å²) in [5.41, 5.74) is 3.31. The number of methoxy groups -OCH3 is 2. The molecule has 2 aromatic heterocycles. The number of hydrogen-bond acceptors (Lipinski definition) is 12. The van der Waals surface area contributed by atoms with Gasteiger partial charge in [0.1, 0.15) is 11.6 Å². The summed E-state index contributed by atoms with van der Waals surface area (Å²) >= 11 is 2.38. The fraction of sp³-hybridized carbons (Fsp3) is 0.135. The van der Waals surface area contributed by atoms with Crippen LogP contribution in [0.3, 0.4) is 0 Å². The maximum atomic E-state index is 12.9. The van der Waals surface area contributed by atoms with Crippen LogP contribution in [0.1, 0.15) is 32.4 Å². The van der Waals surface area contributed by atoms with E-state index >= 15 is 0 Å². The maximum Gasteiger partial charge on any atom is 0.337 e. The first-order valence-corrected chi connectivity index (χ1v) is 18.0. The molecule has 2 amide bonds. The molecule has 0 spiro atoms. The van der Waals surface area contributed by atoms with E-state index in [9.17, 15) is 19.2 Å². The number of aromatic nitrogens is 6. The van der Waals surface area contributed by atoms with Crippen molar-refractivity contribution in [3.8, 4) is 11.4 Å². The molecule has 14 nitrogen and oxygen atoms in total. The molecule has 6 rings (SSSR count). The van der Waals surface area contributed by atoms with Crippen LogP contribution >= 0.6 is 23.5 Å². The predicted octanol–water partition coefficient (Wildman–Crippen LogP) is 5.47. The summed E-state index contributed by atoms with van der Waals surface area (Å²) < 4.78 is 13.3. The predicted molar refractivity (Wildman–Crippen MR) is 200 cm³/mol. The van der Waals surface area contributed by atoms with E-state index in [4.69, 9.17) is 9.47 Å². The molecule has 0 unspecified atom stereocenters. The fourth-order valence-corrected chi connectivity index (χ4v) is 6.64. The maximum absolute atomic E-state index is 12.9. The number of carbonyl (C=O) groups is 4. The molecule has 0 aliphatic rings. The van der Waals surface area contributed by atoms with Crippen molar-refractivity contribution in [2.45, 2.75) is 16.7 Å². The number of amides is 2. The smallest absolute Gasteiger partial charge is 0.337 e. The highest BCUT2D eigenvalue weighted by Gasteiger charge is 2.22. The van der Waals surface area contributed by atoms with Crippen LogP contribution in [-0.2, 0) is 25.5 Å². The third-order valence-corrected chi connectivity index (χ3v) is 9.45. The van der Waals surface area contributed by atoms with Crippen LogP contribution in [0.15, 0.2) is 120 Å². The molecule has 0 fully saturated rings. The van der Waals surface area contributed by atoms with E-state index in [2.05, 4.69) is 31.0 Å². The van der Waals surface area contributed by atoms with Gasteiger partial charge in [0.15, 0.2) is 10.3 Å². The Hall–Kier alpha value is -6.26. The van der Waals surface area contributed by atoms with Gasteiger partial charge >= 0.3 is 11.9 Å². The molecule has 268 valence electrons. The zero-order valence-electron chi connectivity index (χ0n) is 28.5. The van der Waals surface area contributed by atoms with Gasteiger partial charge in [0, 0.05) is 22.7 Å². The Morgan fingerprint density at radius 3 is 1.28 bits per heavy atom. The summed E-state index contributed by atoms with van der Waals surface area (Å²) in [6.45, 7) is 0. The Kier molecular flexibility index (Phi) is 11.9. The SMILES string of the molecule is COC(=O)c1ccc(-n2c(Cc3nnc(SCC(=O)Nc4ccccc4)n3-c3ccc(C(=O)OC)cc3)nnc2SCC(=O)Nc2ccccc2)cc1. The number of benzene rings is 4. The highest BCUT2D eigenvalue weighted by molar-refractivity contribution is 8.00. The molecule has 2 N–H and O–H groups in total. The summed E-state index contributed by atoms with van der Waals surface area (Å²) in [7, 11) is 2.62. The van der Waals surface area contributed by atoms with E-state index in [-0.39, 0.29) is 29.7 Å². The zero-order chi connectivity index (χ0) is 37.2. The molecule has 0 aliphatic carbocycles. The van der Waals surface area contributed by atoms with Gasteiger partial charge in [-0.1, -0.05) is 59.9 Å². The van der Waals surface area contributed by atoms with E-state index in [1.54, 1.807) is 81.9 Å². The van der Waals surface area contributed by atoms with Crippen molar-refractivity contribution in [1.82, 2.24) is 29.5 Å². The number of carbonyl (C=O) groups excluding carboxylic acids is 4. The number of thioether (sulfide) groups is 2. The van der Waals surface area contributed by atoms with E-state index in [1.807, 2.05) is 36.4 Å². The van der Waals surface area contributed by atoms with Crippen molar-refractivity contribution >= 4 is 58.7 Å². The topological polar surface area (TPSA) is 172 Å². The minimum absolute atomic E-state index is 0.0435. The average Bonchev–Trinajstić information content (AvgIpc) is 3.79. The molecular weight excluding hydrogens is 717 g/mol. The van der Waals surface area contributed by atoms with Gasteiger partial charge in [-0.15, -0.1) is 20.4 Å². The van der Waals surface area contributed by atoms with Crippen molar-refractivity contribution in [2.24, 2.45) is 0 Å². The lowest BCUT2D eigenvalue weighted by Gasteiger charge is -2.13. The molecule has 0 radical (unpaired) electrons. The van der Waals surface area contributed by atoms with Crippen molar-refractivity contribution in [2.75, 3.05) is 36.4 Å². The quantitative estimate of drug-likeness (QED) is 0.106. The third kappa shape index (κ3) is 9.16. The number of hydrogen-bond donors (Lipinski definition) is 2. The number of nitrogens with one attached hydrogen (secondary N) is 2. The van der Waals surface area contributed by atoms with Gasteiger partial charge in [-0.25, -0.2) is 9.59 Å². The van der Waals surface area contributed by atoms with Crippen LogP contribution in [0.2, 0.25) is 0 Å². The normalized spacial score (nSPS) is 10.8. The van der Waals surface area contributed by atoms with Crippen molar-refractivity contribution < 1.29 is 28.7 Å². The number of esters is 2. The van der Waals surface area contributed by atoms with Crippen LogP contribution in [0.5, 0.6) is 0 Å². The highest BCUT2D eigenvalue weighted by Crippen LogP contribution is 2.28. The first kappa shape index (κ1) is 36.5. The molecule has 0 bridgehead atoms. The lowest BCUT2D eigenvalue weighted by molar-refractivity contribution is -0.114. The van der Waals surface area contributed by atoms with Crippen LogP contribution in [-0.4, -0.2) is 79.0 Å². The van der Waals surface area contributed by atoms with Gasteiger partial charge in [0.25, 0.3) is 0 Å². The Morgan fingerprint density at radius 2 is 0.925 bits per heavy atom. The summed E-state index contributed by atoms with van der Waals surface area (Å²) in [6.07, 6.45) is 0.116. The second-order valence-electron chi connectivity index (χ2n) is 11.1. The molecule has 0 saturated carbocycles. The first-order chi connectivity index (χ1) is 25.8. The standard InChI is InChI=1S/C37H32N8O6S2/c1-50-34(48)24-13-17-28(18-14-24)44-30(40-42-36(44)52-22-32(46)38-26-9-5-3-6-10-26)21-31-41-43-37(53-23-33(47)39-27-11-7-4-8-12-27)45(31)29-19-15-25(16-20-29)35(49)51-2/h3-20H,21-23H2,1-2H3,(H,38,46)(H,39,47). The van der Waals surface area contributed by atoms with Crippen LogP contribution in [0, 0.1) is 0 Å². The summed E-state index contributed by atoms with van der Waals surface area (Å²) in [6, 6.07) is 31.7. The Labute approximate surface area is 312 Å². The Bertz CT molecular complexity index is 2050. The second-order valence-corrected chi connectivity index (χ2v) is 13.0. The highest BCUT2D eigenvalue weighted by atomic mass is 32.2. The first-order valence-electron chi connectivity index (χ1n) is 16.0. The molecule has 0 aliphatic heterocycles. The molecule has 6 aromatic rings. The van der Waals surface area contributed by atoms with Gasteiger partial charge in [-0.05, 0) is 72.8 Å². The van der Waals surface area contributed by atoms with Gasteiger partial charge in [-0.2, -0.15) is 0 Å². The largest absolute Gasteiger partial charge is 0.465 e. The summed E-state index contributed by atoms with van der Waals surface area (Å²) in [5, 5.41) is 24.4. The average molecular weight is 749 g/mol. The third-order valence-electron chi connectivity index (χ3n) is 7.59. The van der Waals surface area contributed by atoms with E-state index in [0.717, 1.165) is 0 Å². The van der Waals surface area contributed by atoms with Crippen LogP contribution in [0.25, 0.3) is 11.4 Å². The minimum atomic E-state index is -0.485. The van der Waals surface area contributed by atoms with E-state index in [1.165, 1.54) is 37.7 Å². The van der Waals surface area contributed by atoms with Gasteiger partial charge in [0.2, 0.25) is 11.8 Å². The zero-order valence-corrected chi connectivity index (χ0v) is 30.1. The molecule has 16 heteroatoms. The number of nitrogens with zero attached hydrogens (tertiary/aromatic N) is 6. The second kappa shape index (κ2) is 17.3. The summed E-state index contributed by atoms with van der Waals surface area (Å²) in [4.78, 5) is 50.1. The number of anilines is 2. The van der Waals surface area contributed by atoms with Crippen molar-refractivity contribution in [3.63, 3.8) is 0 Å². The van der Waals surface area contributed by atoms with Gasteiger partial charge in [0.05, 0.1) is 43.3 Å². The van der Waals surface area contributed by atoms with Crippen LogP contribution < -0.4 is 10.6 Å². The minimum Gasteiger partial charge on any atom is -0.465 e. The lowest BCUT2D eigenvalue weighted by Crippen LogP contribution is -2.15.